The zero-order valence-corrected chi connectivity index (χ0v) is 13.7. The molecule has 1 rings (SSSR count). The zero-order chi connectivity index (χ0) is 15.9. The van der Waals surface area contributed by atoms with Crippen molar-refractivity contribution in [3.8, 4) is 0 Å². The molecule has 0 spiro atoms. The smallest absolute Gasteiger partial charge is 0.303 e. The van der Waals surface area contributed by atoms with Gasteiger partial charge in [-0.1, -0.05) is 20.8 Å². The van der Waals surface area contributed by atoms with E-state index in [1.54, 1.807) is 0 Å². The van der Waals surface area contributed by atoms with E-state index in [1.165, 1.54) is 0 Å². The molecule has 0 bridgehead atoms. The van der Waals surface area contributed by atoms with Crippen molar-refractivity contribution >= 4 is 11.9 Å². The molecular weight excluding hydrogens is 268 g/mol. The van der Waals surface area contributed by atoms with Gasteiger partial charge in [0.15, 0.2) is 0 Å². The van der Waals surface area contributed by atoms with Crippen LogP contribution in [0.3, 0.4) is 0 Å². The third kappa shape index (κ3) is 7.46. The molecule has 0 radical (unpaired) electrons. The van der Waals surface area contributed by atoms with Crippen molar-refractivity contribution in [3.63, 3.8) is 0 Å². The third-order valence-electron chi connectivity index (χ3n) is 4.41. The Kier molecular flexibility index (Phi) is 7.15. The van der Waals surface area contributed by atoms with Crippen LogP contribution in [0.1, 0.15) is 52.9 Å². The molecule has 2 N–H and O–H groups in total. The number of nitrogens with one attached hydrogen (secondary N) is 1. The molecule has 0 aromatic rings. The van der Waals surface area contributed by atoms with Gasteiger partial charge in [-0.15, -0.1) is 0 Å². The van der Waals surface area contributed by atoms with Crippen molar-refractivity contribution in [1.29, 1.82) is 0 Å². The molecule has 21 heavy (non-hydrogen) atoms. The molecular formula is C16H30N2O3. The molecule has 0 atom stereocenters. The number of hydrogen-bond donors (Lipinski definition) is 2. The van der Waals surface area contributed by atoms with E-state index >= 15 is 0 Å². The fourth-order valence-electron chi connectivity index (χ4n) is 2.56. The van der Waals surface area contributed by atoms with Crippen LogP contribution >= 0.6 is 0 Å². The lowest BCUT2D eigenvalue weighted by atomic mass is 9.84. The predicted molar refractivity (Wildman–Crippen MR) is 83.1 cm³/mol. The number of amides is 1. The van der Waals surface area contributed by atoms with Crippen LogP contribution in [0.4, 0.5) is 0 Å². The molecule has 0 aliphatic carbocycles. The Bertz CT molecular complexity index is 347. The number of carbonyl (C=O) groups is 2. The predicted octanol–water partition coefficient (Wildman–Crippen LogP) is 2.12. The van der Waals surface area contributed by atoms with Crippen molar-refractivity contribution in [2.24, 2.45) is 11.3 Å². The van der Waals surface area contributed by atoms with Crippen LogP contribution in [0, 0.1) is 11.3 Å². The molecule has 122 valence electrons. The number of hydrogen-bond acceptors (Lipinski definition) is 3. The van der Waals surface area contributed by atoms with Crippen molar-refractivity contribution < 1.29 is 14.7 Å². The molecule has 1 aliphatic heterocycles. The maximum Gasteiger partial charge on any atom is 0.303 e. The van der Waals surface area contributed by atoms with Gasteiger partial charge in [0.25, 0.3) is 0 Å². The third-order valence-corrected chi connectivity index (χ3v) is 4.41. The SMILES string of the molecule is CC1CCN(C(=O)CNCCC(C)(C)CCC(=O)O)CC1. The van der Waals surface area contributed by atoms with Gasteiger partial charge in [0, 0.05) is 19.5 Å². The van der Waals surface area contributed by atoms with E-state index < -0.39 is 5.97 Å². The standard InChI is InChI=1S/C16H30N2O3/c1-13-5-10-18(11-6-13)14(19)12-17-9-8-16(2,3)7-4-15(20)21/h13,17H,4-12H2,1-3H3,(H,20,21). The van der Waals surface area contributed by atoms with E-state index in [9.17, 15) is 9.59 Å². The molecule has 0 unspecified atom stereocenters. The normalized spacial score (nSPS) is 17.0. The number of carboxylic acids is 1. The minimum atomic E-state index is -0.745. The first-order chi connectivity index (χ1) is 9.80. The Morgan fingerprint density at radius 2 is 1.86 bits per heavy atom. The van der Waals surface area contributed by atoms with E-state index in [1.807, 2.05) is 4.90 Å². The van der Waals surface area contributed by atoms with Crippen LogP contribution in [-0.4, -0.2) is 48.1 Å². The van der Waals surface area contributed by atoms with Crippen LogP contribution in [0.25, 0.3) is 0 Å². The van der Waals surface area contributed by atoms with Crippen molar-refractivity contribution in [2.45, 2.75) is 52.9 Å². The maximum atomic E-state index is 12.0. The highest BCUT2D eigenvalue weighted by Gasteiger charge is 2.21. The average Bonchev–Trinajstić information content (AvgIpc) is 2.42. The topological polar surface area (TPSA) is 69.6 Å². The summed E-state index contributed by atoms with van der Waals surface area (Å²) in [6, 6.07) is 0. The van der Waals surface area contributed by atoms with Gasteiger partial charge in [-0.25, -0.2) is 0 Å². The van der Waals surface area contributed by atoms with Gasteiger partial charge in [0.1, 0.15) is 0 Å². The number of carboxylic acid groups (broad SMARTS) is 1. The Morgan fingerprint density at radius 3 is 2.43 bits per heavy atom. The van der Waals surface area contributed by atoms with Crippen LogP contribution in [0.2, 0.25) is 0 Å². The van der Waals surface area contributed by atoms with Gasteiger partial charge in [0.2, 0.25) is 5.91 Å². The number of carbonyl (C=O) groups excluding carboxylic acids is 1. The highest BCUT2D eigenvalue weighted by molar-refractivity contribution is 5.78. The lowest BCUT2D eigenvalue weighted by Gasteiger charge is -2.30. The molecule has 1 saturated heterocycles. The zero-order valence-electron chi connectivity index (χ0n) is 13.7. The summed E-state index contributed by atoms with van der Waals surface area (Å²) >= 11 is 0. The minimum absolute atomic E-state index is 0.00497. The van der Waals surface area contributed by atoms with Crippen LogP contribution in [0.5, 0.6) is 0 Å². The van der Waals surface area contributed by atoms with Gasteiger partial charge in [-0.3, -0.25) is 9.59 Å². The van der Waals surface area contributed by atoms with E-state index in [0.717, 1.165) is 44.8 Å². The molecule has 1 fully saturated rings. The second-order valence-electron chi connectivity index (χ2n) is 7.05. The fourth-order valence-corrected chi connectivity index (χ4v) is 2.56. The van der Waals surface area contributed by atoms with Crippen LogP contribution in [0.15, 0.2) is 0 Å². The lowest BCUT2D eigenvalue weighted by Crippen LogP contribution is -2.43. The Labute approximate surface area is 128 Å². The van der Waals surface area contributed by atoms with Crippen molar-refractivity contribution in [2.75, 3.05) is 26.2 Å². The summed E-state index contributed by atoms with van der Waals surface area (Å²) in [5.74, 6) is 0.174. The molecule has 5 heteroatoms. The highest BCUT2D eigenvalue weighted by atomic mass is 16.4. The summed E-state index contributed by atoms with van der Waals surface area (Å²) < 4.78 is 0. The number of aliphatic carboxylic acids is 1. The van der Waals surface area contributed by atoms with Crippen molar-refractivity contribution in [1.82, 2.24) is 10.2 Å². The Morgan fingerprint density at radius 1 is 1.24 bits per heavy atom. The van der Waals surface area contributed by atoms with Gasteiger partial charge in [-0.05, 0) is 43.6 Å². The molecule has 1 amide bonds. The maximum absolute atomic E-state index is 12.0. The largest absolute Gasteiger partial charge is 0.481 e. The molecule has 0 saturated carbocycles. The van der Waals surface area contributed by atoms with E-state index in [0.29, 0.717) is 13.0 Å². The Hall–Kier alpha value is -1.10. The number of likely N-dealkylation sites (tertiary alicyclic amines) is 1. The summed E-state index contributed by atoms with van der Waals surface area (Å²) in [6.07, 6.45) is 3.96. The summed E-state index contributed by atoms with van der Waals surface area (Å²) in [4.78, 5) is 24.6. The van der Waals surface area contributed by atoms with Gasteiger partial charge in [0.05, 0.1) is 6.54 Å². The number of nitrogens with zero attached hydrogens (tertiary/aromatic N) is 1. The first-order valence-corrected chi connectivity index (χ1v) is 8.00. The van der Waals surface area contributed by atoms with E-state index in [2.05, 4.69) is 26.1 Å². The molecule has 5 nitrogen and oxygen atoms in total. The first kappa shape index (κ1) is 18.0. The molecule has 1 aliphatic rings. The second kappa shape index (κ2) is 8.37. The fraction of sp³-hybridized carbons (Fsp3) is 0.875. The lowest BCUT2D eigenvalue weighted by molar-refractivity contribution is -0.137. The summed E-state index contributed by atoms with van der Waals surface area (Å²) in [5, 5.41) is 11.9. The monoisotopic (exact) mass is 298 g/mol. The van der Waals surface area contributed by atoms with Gasteiger partial charge < -0.3 is 15.3 Å². The molecule has 0 aromatic carbocycles. The van der Waals surface area contributed by atoms with Crippen LogP contribution in [-0.2, 0) is 9.59 Å². The van der Waals surface area contributed by atoms with E-state index in [-0.39, 0.29) is 17.7 Å². The number of piperidine rings is 1. The van der Waals surface area contributed by atoms with Crippen LogP contribution < -0.4 is 5.32 Å². The quantitative estimate of drug-likeness (QED) is 0.673. The highest BCUT2D eigenvalue weighted by Crippen LogP contribution is 2.25. The molecule has 1 heterocycles. The van der Waals surface area contributed by atoms with Gasteiger partial charge in [-0.2, -0.15) is 0 Å². The first-order valence-electron chi connectivity index (χ1n) is 8.00. The number of rotatable bonds is 8. The van der Waals surface area contributed by atoms with Crippen molar-refractivity contribution in [3.05, 3.63) is 0 Å². The molecule has 0 aromatic heterocycles. The minimum Gasteiger partial charge on any atom is -0.481 e. The van der Waals surface area contributed by atoms with Gasteiger partial charge >= 0.3 is 5.97 Å². The average molecular weight is 298 g/mol. The Balaban J connectivity index is 2.15. The second-order valence-corrected chi connectivity index (χ2v) is 7.05. The summed E-state index contributed by atoms with van der Waals surface area (Å²) in [6.45, 7) is 9.29. The summed E-state index contributed by atoms with van der Waals surface area (Å²) in [5.41, 5.74) is -0.00497. The summed E-state index contributed by atoms with van der Waals surface area (Å²) in [7, 11) is 0. The van der Waals surface area contributed by atoms with E-state index in [4.69, 9.17) is 5.11 Å².